The highest BCUT2D eigenvalue weighted by Crippen LogP contribution is 2.29. The Balaban J connectivity index is 2.76. The molecule has 96 valence electrons. The van der Waals surface area contributed by atoms with Crippen LogP contribution in [0.15, 0.2) is 23.1 Å². The monoisotopic (exact) mass is 255 g/mol. The van der Waals surface area contributed by atoms with Crippen LogP contribution in [-0.2, 0) is 6.54 Å². The highest BCUT2D eigenvalue weighted by molar-refractivity contribution is 8.00. The molecule has 0 aromatic heterocycles. The van der Waals surface area contributed by atoms with Crippen molar-refractivity contribution >= 4 is 11.8 Å². The maximum atomic E-state index is 13.8. The van der Waals surface area contributed by atoms with Gasteiger partial charge in [-0.25, -0.2) is 4.39 Å². The molecule has 0 aliphatic carbocycles. The maximum Gasteiger partial charge on any atom is 0.128 e. The Morgan fingerprint density at radius 1 is 1.35 bits per heavy atom. The summed E-state index contributed by atoms with van der Waals surface area (Å²) >= 11 is 1.76. The summed E-state index contributed by atoms with van der Waals surface area (Å²) in [6.07, 6.45) is 2.17. The van der Waals surface area contributed by atoms with Gasteiger partial charge >= 0.3 is 0 Å². The molecular weight excluding hydrogens is 233 g/mol. The Kier molecular flexibility index (Phi) is 6.60. The number of hydrogen-bond acceptors (Lipinski definition) is 2. The molecule has 0 fully saturated rings. The van der Waals surface area contributed by atoms with E-state index in [0.717, 1.165) is 29.8 Å². The summed E-state index contributed by atoms with van der Waals surface area (Å²) in [5.74, 6) is -0.0955. The minimum absolute atomic E-state index is 0.0955. The Morgan fingerprint density at radius 3 is 2.76 bits per heavy atom. The first kappa shape index (κ1) is 14.5. The molecule has 1 atom stereocenters. The summed E-state index contributed by atoms with van der Waals surface area (Å²) in [6, 6.07) is 5.36. The molecule has 0 heterocycles. The summed E-state index contributed by atoms with van der Waals surface area (Å²) in [4.78, 5) is 1.07. The van der Waals surface area contributed by atoms with Gasteiger partial charge in [0, 0.05) is 22.3 Å². The molecule has 0 amide bonds. The van der Waals surface area contributed by atoms with Crippen LogP contribution in [0.2, 0.25) is 0 Å². The van der Waals surface area contributed by atoms with Crippen molar-refractivity contribution in [1.82, 2.24) is 5.32 Å². The molecule has 0 radical (unpaired) electrons. The average Bonchev–Trinajstić information content (AvgIpc) is 2.32. The molecule has 1 aromatic carbocycles. The summed E-state index contributed by atoms with van der Waals surface area (Å²) in [5, 5.41) is 3.80. The van der Waals surface area contributed by atoms with Crippen molar-refractivity contribution < 1.29 is 4.39 Å². The van der Waals surface area contributed by atoms with E-state index in [2.05, 4.69) is 26.1 Å². The fraction of sp³-hybridized carbons (Fsp3) is 0.571. The van der Waals surface area contributed by atoms with Crippen LogP contribution in [0.3, 0.4) is 0 Å². The predicted octanol–water partition coefficient (Wildman–Crippen LogP) is 4.22. The molecule has 1 nitrogen and oxygen atoms in total. The van der Waals surface area contributed by atoms with Crippen molar-refractivity contribution in [3.63, 3.8) is 0 Å². The van der Waals surface area contributed by atoms with Crippen molar-refractivity contribution in [1.29, 1.82) is 0 Å². The summed E-state index contributed by atoms with van der Waals surface area (Å²) in [5.41, 5.74) is 0.811. The first-order chi connectivity index (χ1) is 8.19. The van der Waals surface area contributed by atoms with E-state index >= 15 is 0 Å². The molecule has 17 heavy (non-hydrogen) atoms. The van der Waals surface area contributed by atoms with Gasteiger partial charge in [-0.2, -0.15) is 0 Å². The molecule has 1 N–H and O–H groups in total. The van der Waals surface area contributed by atoms with Crippen molar-refractivity contribution in [2.75, 3.05) is 6.54 Å². The van der Waals surface area contributed by atoms with Crippen molar-refractivity contribution in [2.45, 2.75) is 50.3 Å². The molecule has 1 unspecified atom stereocenters. The summed E-state index contributed by atoms with van der Waals surface area (Å²) < 4.78 is 13.8. The molecular formula is C14H22FNS. The van der Waals surface area contributed by atoms with Crippen LogP contribution in [0.25, 0.3) is 0 Å². The molecule has 0 spiro atoms. The van der Waals surface area contributed by atoms with Gasteiger partial charge in [0.2, 0.25) is 0 Å². The second-order valence-electron chi connectivity index (χ2n) is 4.23. The molecule has 0 saturated carbocycles. The second kappa shape index (κ2) is 7.72. The largest absolute Gasteiger partial charge is 0.313 e. The normalized spacial score (nSPS) is 12.7. The number of thioether (sulfide) groups is 1. The van der Waals surface area contributed by atoms with Gasteiger partial charge in [0.15, 0.2) is 0 Å². The third-order valence-electron chi connectivity index (χ3n) is 2.71. The van der Waals surface area contributed by atoms with Crippen LogP contribution in [0, 0.1) is 5.82 Å². The summed E-state index contributed by atoms with van der Waals surface area (Å²) in [6.45, 7) is 8.01. The molecule has 0 aliphatic rings. The molecule has 3 heteroatoms. The zero-order valence-electron chi connectivity index (χ0n) is 10.9. The topological polar surface area (TPSA) is 12.0 Å². The predicted molar refractivity (Wildman–Crippen MR) is 74.0 cm³/mol. The first-order valence-corrected chi connectivity index (χ1v) is 7.21. The van der Waals surface area contributed by atoms with Crippen molar-refractivity contribution in [3.8, 4) is 0 Å². The van der Waals surface area contributed by atoms with E-state index in [9.17, 15) is 4.39 Å². The third kappa shape index (κ3) is 4.68. The van der Waals surface area contributed by atoms with E-state index in [4.69, 9.17) is 0 Å². The van der Waals surface area contributed by atoms with Crippen LogP contribution in [0.4, 0.5) is 4.39 Å². The Labute approximate surface area is 108 Å². The molecule has 1 rings (SSSR count). The average molecular weight is 255 g/mol. The van der Waals surface area contributed by atoms with E-state index in [-0.39, 0.29) is 5.82 Å². The van der Waals surface area contributed by atoms with Gasteiger partial charge in [-0.15, -0.1) is 11.8 Å². The molecule has 0 saturated heterocycles. The minimum atomic E-state index is -0.0955. The van der Waals surface area contributed by atoms with E-state index < -0.39 is 0 Å². The smallest absolute Gasteiger partial charge is 0.128 e. The van der Waals surface area contributed by atoms with Gasteiger partial charge in [-0.1, -0.05) is 26.8 Å². The van der Waals surface area contributed by atoms with Gasteiger partial charge in [0.1, 0.15) is 5.82 Å². The van der Waals surface area contributed by atoms with Crippen LogP contribution in [0.5, 0.6) is 0 Å². The van der Waals surface area contributed by atoms with Crippen molar-refractivity contribution in [2.24, 2.45) is 0 Å². The molecule has 0 bridgehead atoms. The van der Waals surface area contributed by atoms with Gasteiger partial charge in [-0.3, -0.25) is 0 Å². The van der Waals surface area contributed by atoms with Crippen LogP contribution in [0.1, 0.15) is 39.2 Å². The van der Waals surface area contributed by atoms with Crippen molar-refractivity contribution in [3.05, 3.63) is 29.6 Å². The number of hydrogen-bond donors (Lipinski definition) is 1. The molecule has 1 aromatic rings. The van der Waals surface area contributed by atoms with Gasteiger partial charge in [0.25, 0.3) is 0 Å². The Hall–Kier alpha value is -0.540. The number of halogens is 1. The SMILES string of the molecule is CCCNCc1c(F)cccc1SC(C)CC. The lowest BCUT2D eigenvalue weighted by Gasteiger charge is -2.14. The van der Waals surface area contributed by atoms with Crippen LogP contribution < -0.4 is 5.32 Å². The first-order valence-electron chi connectivity index (χ1n) is 6.33. The standard InChI is InChI=1S/C14H22FNS/c1-4-9-16-10-12-13(15)7-6-8-14(12)17-11(3)5-2/h6-8,11,16H,4-5,9-10H2,1-3H3. The van der Waals surface area contributed by atoms with Gasteiger partial charge in [0.05, 0.1) is 0 Å². The number of nitrogens with one attached hydrogen (secondary N) is 1. The number of rotatable bonds is 7. The van der Waals surface area contributed by atoms with E-state index in [1.807, 2.05) is 6.07 Å². The quantitative estimate of drug-likeness (QED) is 0.578. The third-order valence-corrected chi connectivity index (χ3v) is 4.08. The zero-order chi connectivity index (χ0) is 12.7. The van der Waals surface area contributed by atoms with E-state index in [1.165, 1.54) is 0 Å². The highest BCUT2D eigenvalue weighted by Gasteiger charge is 2.10. The van der Waals surface area contributed by atoms with Gasteiger partial charge in [-0.05, 0) is 31.5 Å². The minimum Gasteiger partial charge on any atom is -0.313 e. The summed E-state index contributed by atoms with van der Waals surface area (Å²) in [7, 11) is 0. The van der Waals surface area contributed by atoms with Gasteiger partial charge < -0.3 is 5.32 Å². The lowest BCUT2D eigenvalue weighted by molar-refractivity contribution is 0.578. The number of benzene rings is 1. The Bertz CT molecular complexity index is 341. The fourth-order valence-corrected chi connectivity index (χ4v) is 2.58. The van der Waals surface area contributed by atoms with Crippen LogP contribution in [-0.4, -0.2) is 11.8 Å². The maximum absolute atomic E-state index is 13.8. The second-order valence-corrected chi connectivity index (χ2v) is 5.71. The zero-order valence-corrected chi connectivity index (χ0v) is 11.7. The van der Waals surface area contributed by atoms with E-state index in [1.54, 1.807) is 23.9 Å². The molecule has 0 aliphatic heterocycles. The highest BCUT2D eigenvalue weighted by atomic mass is 32.2. The fourth-order valence-electron chi connectivity index (χ4n) is 1.51. The lowest BCUT2D eigenvalue weighted by atomic mass is 10.2. The van der Waals surface area contributed by atoms with Crippen LogP contribution >= 0.6 is 11.8 Å². The Morgan fingerprint density at radius 2 is 2.12 bits per heavy atom. The lowest BCUT2D eigenvalue weighted by Crippen LogP contribution is -2.15. The van der Waals surface area contributed by atoms with E-state index in [0.29, 0.717) is 11.8 Å².